The quantitative estimate of drug-likeness (QED) is 0.166. The minimum absolute atomic E-state index is 0.00560. The standard InChI is InChI=1S/C35H37Cl2N3O4S/c1-4-26(3)38-35(42)33(22-27-11-7-5-8-12-27)39(23-28-17-20-31(36)32(37)21-28)34(41)24-40(29-13-9-6-10-14-29)45(43,44)30-18-15-25(2)16-19-30/h5-21,26,33H,4,22-24H2,1-3H3,(H,38,42). The van der Waals surface area contributed by atoms with Crippen LogP contribution in [0.15, 0.2) is 108 Å². The van der Waals surface area contributed by atoms with E-state index in [1.54, 1.807) is 60.7 Å². The molecule has 0 fully saturated rings. The molecule has 4 aromatic carbocycles. The molecule has 7 nitrogen and oxygen atoms in total. The van der Waals surface area contributed by atoms with Crippen LogP contribution in [0.2, 0.25) is 10.0 Å². The first-order valence-electron chi connectivity index (χ1n) is 14.7. The lowest BCUT2D eigenvalue weighted by atomic mass is 10.0. The number of amides is 2. The van der Waals surface area contributed by atoms with E-state index in [0.717, 1.165) is 15.4 Å². The van der Waals surface area contributed by atoms with Gasteiger partial charge in [0.1, 0.15) is 12.6 Å². The average molecular weight is 667 g/mol. The number of anilines is 1. The van der Waals surface area contributed by atoms with Gasteiger partial charge in [-0.2, -0.15) is 0 Å². The SMILES string of the molecule is CCC(C)NC(=O)C(Cc1ccccc1)N(Cc1ccc(Cl)c(Cl)c1)C(=O)CN(c1ccccc1)S(=O)(=O)c1ccc(C)cc1. The van der Waals surface area contributed by atoms with Gasteiger partial charge in [0.2, 0.25) is 11.8 Å². The van der Waals surface area contributed by atoms with E-state index in [2.05, 4.69) is 5.32 Å². The zero-order chi connectivity index (χ0) is 32.6. The van der Waals surface area contributed by atoms with Crippen molar-refractivity contribution in [2.45, 2.75) is 57.1 Å². The van der Waals surface area contributed by atoms with Gasteiger partial charge < -0.3 is 10.2 Å². The van der Waals surface area contributed by atoms with Crippen LogP contribution >= 0.6 is 23.2 Å². The first-order chi connectivity index (χ1) is 21.5. The molecule has 1 N–H and O–H groups in total. The molecule has 2 amide bonds. The minimum Gasteiger partial charge on any atom is -0.352 e. The molecule has 0 aromatic heterocycles. The van der Waals surface area contributed by atoms with Crippen LogP contribution in [0.25, 0.3) is 0 Å². The van der Waals surface area contributed by atoms with Gasteiger partial charge in [0.25, 0.3) is 10.0 Å². The predicted octanol–water partition coefficient (Wildman–Crippen LogP) is 7.05. The van der Waals surface area contributed by atoms with Crippen molar-refractivity contribution in [2.75, 3.05) is 10.8 Å². The second-order valence-corrected chi connectivity index (χ2v) is 13.6. The van der Waals surface area contributed by atoms with Crippen molar-refractivity contribution in [3.8, 4) is 0 Å². The van der Waals surface area contributed by atoms with Crippen LogP contribution in [-0.2, 0) is 32.6 Å². The van der Waals surface area contributed by atoms with Crippen LogP contribution in [-0.4, -0.2) is 43.8 Å². The summed E-state index contributed by atoms with van der Waals surface area (Å²) in [5, 5.41) is 3.68. The summed E-state index contributed by atoms with van der Waals surface area (Å²) in [5.41, 5.74) is 2.71. The number of nitrogens with one attached hydrogen (secondary N) is 1. The Bertz CT molecular complexity index is 1700. The van der Waals surface area contributed by atoms with Gasteiger partial charge in [-0.3, -0.25) is 13.9 Å². The third-order valence-electron chi connectivity index (χ3n) is 7.54. The van der Waals surface area contributed by atoms with E-state index in [9.17, 15) is 18.0 Å². The summed E-state index contributed by atoms with van der Waals surface area (Å²) in [7, 11) is -4.17. The molecule has 0 aliphatic heterocycles. The summed E-state index contributed by atoms with van der Waals surface area (Å²) in [6.45, 7) is 5.18. The maximum absolute atomic E-state index is 14.5. The Hall–Kier alpha value is -3.85. The number of aryl methyl sites for hydroxylation is 1. The van der Waals surface area contributed by atoms with Gasteiger partial charge in [0.05, 0.1) is 20.6 Å². The molecular weight excluding hydrogens is 629 g/mol. The summed E-state index contributed by atoms with van der Waals surface area (Å²) in [6.07, 6.45) is 0.910. The van der Waals surface area contributed by atoms with Crippen LogP contribution in [0.3, 0.4) is 0 Å². The van der Waals surface area contributed by atoms with Crippen molar-refractivity contribution in [1.29, 1.82) is 0 Å². The van der Waals surface area contributed by atoms with Gasteiger partial charge in [0.15, 0.2) is 0 Å². The first-order valence-corrected chi connectivity index (χ1v) is 16.9. The third kappa shape index (κ3) is 8.87. The topological polar surface area (TPSA) is 86.8 Å². The molecule has 0 heterocycles. The Labute approximate surface area is 275 Å². The highest BCUT2D eigenvalue weighted by atomic mass is 35.5. The largest absolute Gasteiger partial charge is 0.352 e. The highest BCUT2D eigenvalue weighted by Crippen LogP contribution is 2.27. The molecule has 4 rings (SSSR count). The molecule has 0 saturated heterocycles. The average Bonchev–Trinajstić information content (AvgIpc) is 3.04. The van der Waals surface area contributed by atoms with Crippen LogP contribution in [0.1, 0.15) is 37.0 Å². The lowest BCUT2D eigenvalue weighted by Crippen LogP contribution is -2.54. The van der Waals surface area contributed by atoms with E-state index < -0.39 is 28.5 Å². The number of benzene rings is 4. The van der Waals surface area contributed by atoms with Gasteiger partial charge in [-0.05, 0) is 67.8 Å². The van der Waals surface area contributed by atoms with Gasteiger partial charge in [0, 0.05) is 19.0 Å². The fourth-order valence-electron chi connectivity index (χ4n) is 4.79. The Morgan fingerprint density at radius 1 is 0.822 bits per heavy atom. The molecule has 236 valence electrons. The summed E-state index contributed by atoms with van der Waals surface area (Å²) in [5.74, 6) is -0.893. The zero-order valence-electron chi connectivity index (χ0n) is 25.5. The van der Waals surface area contributed by atoms with Gasteiger partial charge in [-0.15, -0.1) is 0 Å². The van der Waals surface area contributed by atoms with Crippen molar-refractivity contribution in [3.63, 3.8) is 0 Å². The number of halogens is 2. The Morgan fingerprint density at radius 3 is 2.04 bits per heavy atom. The smallest absolute Gasteiger partial charge is 0.264 e. The molecule has 0 aliphatic carbocycles. The molecule has 2 unspecified atom stereocenters. The van der Waals surface area contributed by atoms with E-state index in [0.29, 0.717) is 27.7 Å². The summed E-state index contributed by atoms with van der Waals surface area (Å²) in [4.78, 5) is 29.9. The lowest BCUT2D eigenvalue weighted by molar-refractivity contribution is -0.140. The lowest BCUT2D eigenvalue weighted by Gasteiger charge is -2.34. The Kier molecular flexibility index (Phi) is 11.7. The predicted molar refractivity (Wildman–Crippen MR) is 181 cm³/mol. The molecule has 0 bridgehead atoms. The molecule has 0 saturated carbocycles. The summed E-state index contributed by atoms with van der Waals surface area (Å²) >= 11 is 12.5. The van der Waals surface area contributed by atoms with E-state index in [1.165, 1.54) is 17.0 Å². The second kappa shape index (κ2) is 15.4. The fourth-order valence-corrected chi connectivity index (χ4v) is 6.53. The summed E-state index contributed by atoms with van der Waals surface area (Å²) in [6, 6.07) is 28.3. The van der Waals surface area contributed by atoms with Crippen molar-refractivity contribution in [1.82, 2.24) is 10.2 Å². The molecule has 0 radical (unpaired) electrons. The number of nitrogens with zero attached hydrogens (tertiary/aromatic N) is 2. The number of carbonyl (C=O) groups is 2. The van der Waals surface area contributed by atoms with Crippen molar-refractivity contribution < 1.29 is 18.0 Å². The monoisotopic (exact) mass is 665 g/mol. The van der Waals surface area contributed by atoms with E-state index >= 15 is 0 Å². The number of carbonyl (C=O) groups excluding carboxylic acids is 2. The molecule has 45 heavy (non-hydrogen) atoms. The number of rotatable bonds is 13. The highest BCUT2D eigenvalue weighted by molar-refractivity contribution is 7.92. The Balaban J connectivity index is 1.80. The molecule has 10 heteroatoms. The van der Waals surface area contributed by atoms with Crippen LogP contribution in [0.5, 0.6) is 0 Å². The first kappa shape index (κ1) is 34.0. The van der Waals surface area contributed by atoms with Gasteiger partial charge in [-0.25, -0.2) is 8.42 Å². The van der Waals surface area contributed by atoms with Crippen LogP contribution in [0, 0.1) is 6.92 Å². The molecule has 4 aromatic rings. The van der Waals surface area contributed by atoms with Crippen molar-refractivity contribution >= 4 is 50.7 Å². The number of sulfonamides is 1. The van der Waals surface area contributed by atoms with Crippen LogP contribution < -0.4 is 9.62 Å². The van der Waals surface area contributed by atoms with Gasteiger partial charge in [-0.1, -0.05) is 102 Å². The zero-order valence-corrected chi connectivity index (χ0v) is 27.8. The van der Waals surface area contributed by atoms with Crippen LogP contribution in [0.4, 0.5) is 5.69 Å². The van der Waals surface area contributed by atoms with Crippen molar-refractivity contribution in [2.24, 2.45) is 0 Å². The maximum atomic E-state index is 14.5. The molecule has 0 spiro atoms. The maximum Gasteiger partial charge on any atom is 0.264 e. The molecular formula is C35H37Cl2N3O4S. The molecule has 2 atom stereocenters. The van der Waals surface area contributed by atoms with E-state index in [4.69, 9.17) is 23.2 Å². The van der Waals surface area contributed by atoms with Gasteiger partial charge >= 0.3 is 0 Å². The molecule has 0 aliphatic rings. The number of para-hydroxylation sites is 1. The Morgan fingerprint density at radius 2 is 1.44 bits per heavy atom. The summed E-state index contributed by atoms with van der Waals surface area (Å²) < 4.78 is 29.2. The van der Waals surface area contributed by atoms with Crippen molar-refractivity contribution in [3.05, 3.63) is 130 Å². The number of hydrogen-bond acceptors (Lipinski definition) is 4. The highest BCUT2D eigenvalue weighted by Gasteiger charge is 2.35. The normalized spacial score (nSPS) is 12.6. The van der Waals surface area contributed by atoms with E-state index in [-0.39, 0.29) is 29.8 Å². The fraction of sp³-hybridized carbons (Fsp3) is 0.257. The van der Waals surface area contributed by atoms with E-state index in [1.807, 2.05) is 51.1 Å². The minimum atomic E-state index is -4.17. The number of hydrogen-bond donors (Lipinski definition) is 1. The third-order valence-corrected chi connectivity index (χ3v) is 10.1. The second-order valence-electron chi connectivity index (χ2n) is 11.0.